The lowest BCUT2D eigenvalue weighted by Crippen LogP contribution is -2.16. The molecule has 1 N–H and O–H groups in total. The van der Waals surface area contributed by atoms with E-state index >= 15 is 0 Å². The first-order valence-corrected chi connectivity index (χ1v) is 7.02. The average molecular weight is 286 g/mol. The number of hydrogen-bond acceptors (Lipinski definition) is 5. The summed E-state index contributed by atoms with van der Waals surface area (Å²) < 4.78 is 23.6. The third-order valence-electron chi connectivity index (χ3n) is 2.44. The van der Waals surface area contributed by atoms with Gasteiger partial charge in [0.2, 0.25) is 15.7 Å². The second-order valence-electron chi connectivity index (χ2n) is 4.19. The Morgan fingerprint density at radius 2 is 1.89 bits per heavy atom. The smallest absolute Gasteiger partial charge is 0.305 e. The Morgan fingerprint density at radius 3 is 2.37 bits per heavy atom. The maximum Gasteiger partial charge on any atom is 0.305 e. The molecule has 1 rings (SSSR count). The van der Waals surface area contributed by atoms with Crippen LogP contribution in [0.5, 0.6) is 0 Å². The van der Waals surface area contributed by atoms with Gasteiger partial charge in [-0.2, -0.15) is 0 Å². The third kappa shape index (κ3) is 3.75. The van der Waals surface area contributed by atoms with Crippen LogP contribution in [0.15, 0.2) is 17.0 Å². The van der Waals surface area contributed by atoms with Gasteiger partial charge in [-0.25, -0.2) is 8.42 Å². The van der Waals surface area contributed by atoms with Crippen LogP contribution in [0.3, 0.4) is 0 Å². The molecular weight excluding hydrogens is 272 g/mol. The summed E-state index contributed by atoms with van der Waals surface area (Å²) in [7, 11) is -3.97. The molecular formula is C11H14N2O5S. The molecule has 7 nitrogen and oxygen atoms in total. The fraction of sp³-hybridized carbons (Fsp3) is 0.364. The van der Waals surface area contributed by atoms with E-state index in [0.717, 1.165) is 0 Å². The lowest BCUT2D eigenvalue weighted by atomic mass is 10.1. The Kier molecular flexibility index (Phi) is 4.25. The van der Waals surface area contributed by atoms with E-state index in [0.29, 0.717) is 16.8 Å². The van der Waals surface area contributed by atoms with Gasteiger partial charge in [-0.1, -0.05) is 0 Å². The zero-order chi connectivity index (χ0) is 14.8. The number of sulfone groups is 1. The Bertz CT molecular complexity index is 637. The monoisotopic (exact) mass is 286 g/mol. The number of rotatable bonds is 4. The van der Waals surface area contributed by atoms with E-state index < -0.39 is 20.6 Å². The van der Waals surface area contributed by atoms with Crippen LogP contribution in [0.4, 0.5) is 5.69 Å². The Balaban J connectivity index is 3.29. The molecule has 0 saturated heterocycles. The van der Waals surface area contributed by atoms with Crippen molar-refractivity contribution in [3.63, 3.8) is 0 Å². The first-order valence-electron chi connectivity index (χ1n) is 5.37. The van der Waals surface area contributed by atoms with Crippen molar-refractivity contribution in [2.45, 2.75) is 25.7 Å². The number of benzene rings is 1. The Hall–Kier alpha value is -1.96. The molecule has 0 fully saturated rings. The fourth-order valence-corrected chi connectivity index (χ4v) is 2.98. The summed E-state index contributed by atoms with van der Waals surface area (Å²) in [6, 6.07) is 2.82. The van der Waals surface area contributed by atoms with Crippen molar-refractivity contribution in [1.82, 2.24) is 0 Å². The molecule has 0 saturated carbocycles. The van der Waals surface area contributed by atoms with Gasteiger partial charge in [0.15, 0.2) is 0 Å². The van der Waals surface area contributed by atoms with Crippen molar-refractivity contribution < 1.29 is 18.1 Å². The summed E-state index contributed by atoms with van der Waals surface area (Å²) in [6.45, 7) is 4.49. The van der Waals surface area contributed by atoms with Gasteiger partial charge in [0.25, 0.3) is 0 Å². The second-order valence-corrected chi connectivity index (χ2v) is 6.12. The predicted molar refractivity (Wildman–Crippen MR) is 69.3 cm³/mol. The van der Waals surface area contributed by atoms with Crippen molar-refractivity contribution in [3.05, 3.63) is 33.4 Å². The molecule has 104 valence electrons. The van der Waals surface area contributed by atoms with Gasteiger partial charge in [0.1, 0.15) is 0 Å². The summed E-state index contributed by atoms with van der Waals surface area (Å²) in [6.07, 6.45) is 0. The molecule has 0 unspecified atom stereocenters. The molecule has 0 radical (unpaired) electrons. The quantitative estimate of drug-likeness (QED) is 0.662. The summed E-state index contributed by atoms with van der Waals surface area (Å²) >= 11 is 0. The number of aryl methyl sites for hydroxylation is 2. The van der Waals surface area contributed by atoms with Crippen molar-refractivity contribution in [1.29, 1.82) is 0 Å². The van der Waals surface area contributed by atoms with Crippen LogP contribution >= 0.6 is 0 Å². The SMILES string of the molecule is CC(=O)Nc1cc(C)c(S(=O)(=O)C[N+](=O)[O-])cc1C. The average Bonchev–Trinajstić information content (AvgIpc) is 2.20. The number of nitrogens with one attached hydrogen (secondary N) is 1. The lowest BCUT2D eigenvalue weighted by Gasteiger charge is -2.11. The van der Waals surface area contributed by atoms with Gasteiger partial charge in [0, 0.05) is 17.5 Å². The number of anilines is 1. The minimum absolute atomic E-state index is 0.0872. The van der Waals surface area contributed by atoms with Crippen LogP contribution in [-0.2, 0) is 14.6 Å². The molecule has 1 aromatic rings. The number of nitro groups is 1. The molecule has 0 aliphatic carbocycles. The van der Waals surface area contributed by atoms with E-state index in [9.17, 15) is 23.3 Å². The van der Waals surface area contributed by atoms with Crippen molar-refractivity contribution in [3.8, 4) is 0 Å². The molecule has 0 aromatic heterocycles. The molecule has 0 aliphatic heterocycles. The first-order chi connectivity index (χ1) is 8.63. The molecule has 0 aliphatic rings. The summed E-state index contributed by atoms with van der Waals surface area (Å²) in [5, 5.41) is 12.9. The van der Waals surface area contributed by atoms with Crippen LogP contribution in [0.25, 0.3) is 0 Å². The topological polar surface area (TPSA) is 106 Å². The summed E-state index contributed by atoms with van der Waals surface area (Å²) in [4.78, 5) is 20.4. The highest BCUT2D eigenvalue weighted by Crippen LogP contribution is 2.25. The fourth-order valence-electron chi connectivity index (χ4n) is 1.66. The Morgan fingerprint density at radius 1 is 1.32 bits per heavy atom. The standard InChI is InChI=1S/C11H14N2O5S/c1-7-5-11(19(17,18)6-13(15)16)8(2)4-10(7)12-9(3)14/h4-5H,6H2,1-3H3,(H,12,14). The van der Waals surface area contributed by atoms with E-state index in [1.807, 2.05) is 0 Å². The normalized spacial score (nSPS) is 11.1. The first kappa shape index (κ1) is 15.1. The molecule has 1 amide bonds. The van der Waals surface area contributed by atoms with Crippen LogP contribution in [0.1, 0.15) is 18.1 Å². The van der Waals surface area contributed by atoms with Crippen LogP contribution in [0.2, 0.25) is 0 Å². The molecule has 0 bridgehead atoms. The molecule has 19 heavy (non-hydrogen) atoms. The zero-order valence-corrected chi connectivity index (χ0v) is 11.6. The molecule has 0 spiro atoms. The van der Waals surface area contributed by atoms with Crippen molar-refractivity contribution in [2.24, 2.45) is 0 Å². The minimum atomic E-state index is -3.97. The highest BCUT2D eigenvalue weighted by Gasteiger charge is 2.24. The van der Waals surface area contributed by atoms with Gasteiger partial charge in [-0.3, -0.25) is 14.9 Å². The van der Waals surface area contributed by atoms with E-state index in [-0.39, 0.29) is 10.8 Å². The van der Waals surface area contributed by atoms with Gasteiger partial charge >= 0.3 is 5.88 Å². The highest BCUT2D eigenvalue weighted by atomic mass is 32.2. The van der Waals surface area contributed by atoms with Crippen molar-refractivity contribution >= 4 is 21.4 Å². The highest BCUT2D eigenvalue weighted by molar-refractivity contribution is 7.91. The molecule has 8 heteroatoms. The number of amides is 1. The van der Waals surface area contributed by atoms with E-state index in [4.69, 9.17) is 0 Å². The number of nitrogens with zero attached hydrogens (tertiary/aromatic N) is 1. The third-order valence-corrected chi connectivity index (χ3v) is 4.10. The van der Waals surface area contributed by atoms with E-state index in [1.165, 1.54) is 26.0 Å². The summed E-state index contributed by atoms with van der Waals surface area (Å²) in [5.74, 6) is -1.42. The van der Waals surface area contributed by atoms with Gasteiger partial charge in [-0.15, -0.1) is 0 Å². The maximum atomic E-state index is 11.8. The second kappa shape index (κ2) is 5.35. The van der Waals surface area contributed by atoms with Gasteiger partial charge in [-0.05, 0) is 37.1 Å². The minimum Gasteiger partial charge on any atom is -0.326 e. The number of carbonyl (C=O) groups is 1. The van der Waals surface area contributed by atoms with E-state index in [2.05, 4.69) is 5.32 Å². The summed E-state index contributed by atoms with van der Waals surface area (Å²) in [5.41, 5.74) is 1.38. The zero-order valence-electron chi connectivity index (χ0n) is 10.8. The number of carbonyl (C=O) groups excluding carboxylic acids is 1. The van der Waals surface area contributed by atoms with Crippen molar-refractivity contribution in [2.75, 3.05) is 11.2 Å². The maximum absolute atomic E-state index is 11.8. The molecule has 1 aromatic carbocycles. The van der Waals surface area contributed by atoms with Crippen LogP contribution < -0.4 is 5.32 Å². The van der Waals surface area contributed by atoms with Crippen LogP contribution in [-0.4, -0.2) is 25.1 Å². The predicted octanol–water partition coefficient (Wildman–Crippen LogP) is 1.27. The van der Waals surface area contributed by atoms with Gasteiger partial charge < -0.3 is 5.32 Å². The number of hydrogen-bond donors (Lipinski definition) is 1. The Labute approximate surface area is 110 Å². The molecule has 0 heterocycles. The lowest BCUT2D eigenvalue weighted by molar-refractivity contribution is -0.458. The molecule has 0 atom stereocenters. The van der Waals surface area contributed by atoms with Gasteiger partial charge in [0.05, 0.1) is 4.90 Å². The van der Waals surface area contributed by atoms with Crippen LogP contribution in [0, 0.1) is 24.0 Å². The largest absolute Gasteiger partial charge is 0.326 e. The van der Waals surface area contributed by atoms with E-state index in [1.54, 1.807) is 6.92 Å².